The molecule has 30 heavy (non-hydrogen) atoms. The van der Waals surface area contributed by atoms with Crippen LogP contribution in [0.15, 0.2) is 47.4 Å². The highest BCUT2D eigenvalue weighted by atomic mass is 32.2. The third kappa shape index (κ3) is 7.18. The summed E-state index contributed by atoms with van der Waals surface area (Å²) in [5, 5.41) is 0. The number of nitrogens with zero attached hydrogens (tertiary/aromatic N) is 1. The van der Waals surface area contributed by atoms with E-state index in [1.807, 2.05) is 36.4 Å². The zero-order chi connectivity index (χ0) is 21.9. The number of amides is 1. The fraction of sp³-hybridized carbons (Fsp3) is 0.364. The van der Waals surface area contributed by atoms with Gasteiger partial charge in [0.15, 0.2) is 0 Å². The topological polar surface area (TPSA) is 74.3 Å². The molecule has 0 aliphatic carbocycles. The van der Waals surface area contributed by atoms with Crippen molar-refractivity contribution in [1.82, 2.24) is 4.90 Å². The first kappa shape index (κ1) is 23.4. The van der Waals surface area contributed by atoms with E-state index < -0.39 is 5.97 Å². The predicted octanol–water partition coefficient (Wildman–Crippen LogP) is 3.40. The SMILES string of the molecule is COC(=O)CN(Cc1cc(OC)cc(OC)c1)C(=O)CCSc1ccc(OC)cc1. The molecule has 0 fully saturated rings. The summed E-state index contributed by atoms with van der Waals surface area (Å²) in [5.74, 6) is 2.00. The van der Waals surface area contributed by atoms with E-state index in [4.69, 9.17) is 18.9 Å². The number of methoxy groups -OCH3 is 4. The normalized spacial score (nSPS) is 10.3. The zero-order valence-corrected chi connectivity index (χ0v) is 18.5. The van der Waals surface area contributed by atoms with Gasteiger partial charge in [-0.25, -0.2) is 0 Å². The van der Waals surface area contributed by atoms with Crippen molar-refractivity contribution in [3.8, 4) is 17.2 Å². The fourth-order valence-electron chi connectivity index (χ4n) is 2.72. The number of thioether (sulfide) groups is 1. The standard InChI is InChI=1S/C22H27NO6S/c1-26-17-5-7-20(8-6-17)30-10-9-21(24)23(15-22(25)29-4)14-16-11-18(27-2)13-19(12-16)28-3/h5-8,11-13H,9-10,14-15H2,1-4H3. The lowest BCUT2D eigenvalue weighted by molar-refractivity contribution is -0.147. The number of rotatable bonds is 11. The van der Waals surface area contributed by atoms with Crippen molar-refractivity contribution in [3.63, 3.8) is 0 Å². The highest BCUT2D eigenvalue weighted by Crippen LogP contribution is 2.25. The van der Waals surface area contributed by atoms with Gasteiger partial charge in [0.25, 0.3) is 0 Å². The summed E-state index contributed by atoms with van der Waals surface area (Å²) >= 11 is 1.57. The predicted molar refractivity (Wildman–Crippen MR) is 115 cm³/mol. The lowest BCUT2D eigenvalue weighted by atomic mass is 10.1. The quantitative estimate of drug-likeness (QED) is 0.397. The Morgan fingerprint density at radius 1 is 0.867 bits per heavy atom. The maximum Gasteiger partial charge on any atom is 0.325 e. The average Bonchev–Trinajstić information content (AvgIpc) is 2.78. The van der Waals surface area contributed by atoms with Crippen LogP contribution in [0.3, 0.4) is 0 Å². The molecule has 0 bridgehead atoms. The molecule has 8 heteroatoms. The van der Waals surface area contributed by atoms with Crippen LogP contribution in [0.25, 0.3) is 0 Å². The monoisotopic (exact) mass is 433 g/mol. The summed E-state index contributed by atoms with van der Waals surface area (Å²) in [6.07, 6.45) is 0.287. The van der Waals surface area contributed by atoms with Crippen molar-refractivity contribution in [1.29, 1.82) is 0 Å². The molecule has 2 aromatic carbocycles. The van der Waals surface area contributed by atoms with Gasteiger partial charge in [0.05, 0.1) is 28.4 Å². The minimum absolute atomic E-state index is 0.123. The van der Waals surface area contributed by atoms with Crippen LogP contribution in [0.5, 0.6) is 17.2 Å². The molecule has 0 radical (unpaired) electrons. The molecule has 2 aromatic rings. The van der Waals surface area contributed by atoms with E-state index in [-0.39, 0.29) is 25.4 Å². The van der Waals surface area contributed by atoms with Crippen LogP contribution < -0.4 is 14.2 Å². The first-order valence-corrected chi connectivity index (χ1v) is 10.3. The molecule has 162 valence electrons. The Labute approximate surface area is 181 Å². The molecule has 0 aliphatic heterocycles. The highest BCUT2D eigenvalue weighted by molar-refractivity contribution is 7.99. The maximum atomic E-state index is 12.8. The zero-order valence-electron chi connectivity index (χ0n) is 17.7. The number of benzene rings is 2. The Kier molecular flexibility index (Phi) is 9.34. The van der Waals surface area contributed by atoms with Crippen LogP contribution >= 0.6 is 11.8 Å². The van der Waals surface area contributed by atoms with E-state index in [0.29, 0.717) is 17.3 Å². The third-order valence-electron chi connectivity index (χ3n) is 4.33. The fourth-order valence-corrected chi connectivity index (χ4v) is 3.56. The molecule has 0 atom stereocenters. The molecule has 2 rings (SSSR count). The second-order valence-electron chi connectivity index (χ2n) is 6.32. The number of hydrogen-bond donors (Lipinski definition) is 0. The summed E-state index contributed by atoms with van der Waals surface area (Å²) in [7, 11) is 6.05. The molecule has 0 spiro atoms. The molecule has 0 aliphatic rings. The number of carbonyl (C=O) groups excluding carboxylic acids is 2. The molecule has 0 N–H and O–H groups in total. The summed E-state index contributed by atoms with van der Waals surface area (Å²) in [5.41, 5.74) is 0.797. The van der Waals surface area contributed by atoms with Crippen molar-refractivity contribution in [2.75, 3.05) is 40.7 Å². The largest absolute Gasteiger partial charge is 0.497 e. The van der Waals surface area contributed by atoms with E-state index >= 15 is 0 Å². The van der Waals surface area contributed by atoms with Crippen molar-refractivity contribution >= 4 is 23.6 Å². The van der Waals surface area contributed by atoms with Gasteiger partial charge in [0, 0.05) is 29.7 Å². The van der Waals surface area contributed by atoms with Gasteiger partial charge >= 0.3 is 5.97 Å². The van der Waals surface area contributed by atoms with Gasteiger partial charge in [-0.3, -0.25) is 9.59 Å². The van der Waals surface area contributed by atoms with Crippen LogP contribution in [0, 0.1) is 0 Å². The number of esters is 1. The summed E-state index contributed by atoms with van der Waals surface area (Å²) in [6.45, 7) is 0.122. The maximum absolute atomic E-state index is 12.8. The molecule has 0 saturated carbocycles. The third-order valence-corrected chi connectivity index (χ3v) is 5.34. The molecular weight excluding hydrogens is 406 g/mol. The Morgan fingerprint density at radius 2 is 1.47 bits per heavy atom. The van der Waals surface area contributed by atoms with E-state index in [2.05, 4.69) is 0 Å². The van der Waals surface area contributed by atoms with E-state index in [9.17, 15) is 9.59 Å². The highest BCUT2D eigenvalue weighted by Gasteiger charge is 2.19. The first-order chi connectivity index (χ1) is 14.5. The Hall–Kier alpha value is -2.87. The van der Waals surface area contributed by atoms with Crippen LogP contribution in [0.4, 0.5) is 0 Å². The van der Waals surface area contributed by atoms with Crippen molar-refractivity contribution in [2.24, 2.45) is 0 Å². The van der Waals surface area contributed by atoms with Crippen LogP contribution in [-0.4, -0.2) is 57.5 Å². The van der Waals surface area contributed by atoms with Crippen molar-refractivity contribution in [3.05, 3.63) is 48.0 Å². The van der Waals surface area contributed by atoms with Gasteiger partial charge in [-0.15, -0.1) is 11.8 Å². The molecule has 0 aromatic heterocycles. The van der Waals surface area contributed by atoms with Crippen LogP contribution in [0.1, 0.15) is 12.0 Å². The second kappa shape index (κ2) is 12.0. The van der Waals surface area contributed by atoms with Gasteiger partial charge in [-0.05, 0) is 42.0 Å². The Morgan fingerprint density at radius 3 is 2.00 bits per heavy atom. The smallest absolute Gasteiger partial charge is 0.325 e. The second-order valence-corrected chi connectivity index (χ2v) is 7.49. The molecule has 0 saturated heterocycles. The van der Waals surface area contributed by atoms with Crippen LogP contribution in [0.2, 0.25) is 0 Å². The van der Waals surface area contributed by atoms with Crippen molar-refractivity contribution in [2.45, 2.75) is 17.9 Å². The first-order valence-electron chi connectivity index (χ1n) is 9.32. The molecular formula is C22H27NO6S. The molecule has 0 unspecified atom stereocenters. The molecule has 1 amide bonds. The molecule has 0 heterocycles. The lowest BCUT2D eigenvalue weighted by Gasteiger charge is -2.22. The Balaban J connectivity index is 2.03. The van der Waals surface area contributed by atoms with Gasteiger partial charge in [-0.2, -0.15) is 0 Å². The number of ether oxygens (including phenoxy) is 4. The van der Waals surface area contributed by atoms with E-state index in [1.165, 1.54) is 12.0 Å². The summed E-state index contributed by atoms with van der Waals surface area (Å²) in [4.78, 5) is 27.2. The molecule has 7 nitrogen and oxygen atoms in total. The minimum Gasteiger partial charge on any atom is -0.497 e. The van der Waals surface area contributed by atoms with E-state index in [0.717, 1.165) is 16.2 Å². The minimum atomic E-state index is -0.471. The van der Waals surface area contributed by atoms with Gasteiger partial charge < -0.3 is 23.8 Å². The van der Waals surface area contributed by atoms with Gasteiger partial charge in [0.2, 0.25) is 5.91 Å². The average molecular weight is 434 g/mol. The summed E-state index contributed by atoms with van der Waals surface area (Å²) < 4.78 is 20.5. The van der Waals surface area contributed by atoms with Gasteiger partial charge in [0.1, 0.15) is 23.8 Å². The summed E-state index contributed by atoms with van der Waals surface area (Å²) in [6, 6.07) is 13.0. The number of hydrogen-bond acceptors (Lipinski definition) is 7. The van der Waals surface area contributed by atoms with Crippen molar-refractivity contribution < 1.29 is 28.5 Å². The Bertz CT molecular complexity index is 818. The van der Waals surface area contributed by atoms with Crippen LogP contribution in [-0.2, 0) is 20.9 Å². The number of carbonyl (C=O) groups is 2. The van der Waals surface area contributed by atoms with E-state index in [1.54, 1.807) is 39.2 Å². The van der Waals surface area contributed by atoms with Gasteiger partial charge in [-0.1, -0.05) is 0 Å². The lowest BCUT2D eigenvalue weighted by Crippen LogP contribution is -2.36.